The van der Waals surface area contributed by atoms with Crippen LogP contribution in [0.4, 0.5) is 15.9 Å². The molecule has 0 aliphatic carbocycles. The number of carbonyl (C=O) groups excluding carboxylic acids is 1. The summed E-state index contributed by atoms with van der Waals surface area (Å²) < 4.78 is 24.8. The average Bonchev–Trinajstić information content (AvgIpc) is 3.34. The lowest BCUT2D eigenvalue weighted by Gasteiger charge is -2.40. The topological polar surface area (TPSA) is 94.8 Å². The number of ether oxygens (including phenoxy) is 2. The lowest BCUT2D eigenvalue weighted by molar-refractivity contribution is -0.133. The van der Waals surface area contributed by atoms with Crippen LogP contribution in [-0.2, 0) is 4.79 Å². The second kappa shape index (κ2) is 10.3. The molecule has 10 heteroatoms. The van der Waals surface area contributed by atoms with Gasteiger partial charge in [-0.2, -0.15) is 5.26 Å². The first-order valence-corrected chi connectivity index (χ1v) is 12.1. The van der Waals surface area contributed by atoms with Crippen molar-refractivity contribution in [3.63, 3.8) is 0 Å². The van der Waals surface area contributed by atoms with E-state index in [2.05, 4.69) is 20.9 Å². The Hall–Kier alpha value is -4.39. The minimum Gasteiger partial charge on any atom is -0.487 e. The van der Waals surface area contributed by atoms with E-state index in [0.717, 1.165) is 18.7 Å². The molecule has 0 saturated carbocycles. The maximum atomic E-state index is 13.0. The summed E-state index contributed by atoms with van der Waals surface area (Å²) >= 11 is 0. The molecule has 3 aromatic rings. The molecule has 9 nitrogen and oxygen atoms in total. The predicted octanol–water partition coefficient (Wildman–Crippen LogP) is 3.46. The van der Waals surface area contributed by atoms with E-state index in [4.69, 9.17) is 9.47 Å². The lowest BCUT2D eigenvalue weighted by atomic mass is 9.98. The maximum Gasteiger partial charge on any atom is 0.228 e. The van der Waals surface area contributed by atoms with E-state index in [1.165, 1.54) is 12.1 Å². The molecule has 190 valence electrons. The Labute approximate surface area is 214 Å². The maximum absolute atomic E-state index is 13.0. The van der Waals surface area contributed by atoms with Gasteiger partial charge in [0.05, 0.1) is 36.1 Å². The molecule has 1 atom stereocenters. The van der Waals surface area contributed by atoms with Crippen molar-refractivity contribution in [3.05, 3.63) is 66.2 Å². The molecule has 4 heterocycles. The normalized spacial score (nSPS) is 17.2. The number of nitrogens with zero attached hydrogens (tertiary/aromatic N) is 6. The Morgan fingerprint density at radius 2 is 1.81 bits per heavy atom. The van der Waals surface area contributed by atoms with E-state index in [0.29, 0.717) is 48.4 Å². The van der Waals surface area contributed by atoms with E-state index >= 15 is 0 Å². The summed E-state index contributed by atoms with van der Waals surface area (Å²) in [5.41, 5.74) is 1.37. The Kier molecular flexibility index (Phi) is 6.77. The Balaban J connectivity index is 1.16. The minimum atomic E-state index is -0.326. The molecule has 2 saturated heterocycles. The van der Waals surface area contributed by atoms with Crippen molar-refractivity contribution in [3.8, 4) is 23.4 Å². The molecule has 0 N–H and O–H groups in total. The van der Waals surface area contributed by atoms with E-state index in [-0.39, 0.29) is 23.7 Å². The van der Waals surface area contributed by atoms with Gasteiger partial charge < -0.3 is 24.2 Å². The molecule has 1 amide bonds. The van der Waals surface area contributed by atoms with Crippen LogP contribution in [0, 0.1) is 23.1 Å². The average molecular weight is 503 g/mol. The van der Waals surface area contributed by atoms with Gasteiger partial charge in [0.25, 0.3) is 0 Å². The highest BCUT2D eigenvalue weighted by Gasteiger charge is 2.35. The first-order chi connectivity index (χ1) is 17.9. The van der Waals surface area contributed by atoms with Gasteiger partial charge in [-0.15, -0.1) is 0 Å². The van der Waals surface area contributed by atoms with E-state index in [9.17, 15) is 14.4 Å². The Morgan fingerprint density at radius 1 is 1.05 bits per heavy atom. The first kappa shape index (κ1) is 24.3. The molecule has 2 aliphatic rings. The molecule has 2 aliphatic heterocycles. The van der Waals surface area contributed by atoms with Gasteiger partial charge >= 0.3 is 0 Å². The molecule has 2 fully saturated rings. The molecule has 0 radical (unpaired) electrons. The van der Waals surface area contributed by atoms with Crippen LogP contribution in [0.5, 0.6) is 17.4 Å². The molecule has 0 spiro atoms. The van der Waals surface area contributed by atoms with Crippen LogP contribution < -0.4 is 19.3 Å². The fourth-order valence-corrected chi connectivity index (χ4v) is 4.50. The molecule has 2 aromatic heterocycles. The Morgan fingerprint density at radius 3 is 2.49 bits per heavy atom. The molecule has 37 heavy (non-hydrogen) atoms. The number of amides is 1. The van der Waals surface area contributed by atoms with Crippen LogP contribution in [0.2, 0.25) is 0 Å². The number of carbonyl (C=O) groups is 1. The highest BCUT2D eigenvalue weighted by molar-refractivity contribution is 5.81. The highest BCUT2D eigenvalue weighted by Crippen LogP contribution is 2.31. The second-order valence-electron chi connectivity index (χ2n) is 9.37. The first-order valence-electron chi connectivity index (χ1n) is 12.1. The molecule has 1 aromatic carbocycles. The highest BCUT2D eigenvalue weighted by atomic mass is 19.1. The van der Waals surface area contributed by atoms with Crippen molar-refractivity contribution in [2.24, 2.45) is 5.92 Å². The third-order valence-electron chi connectivity index (χ3n) is 6.50. The standard InChI is InChI=1S/C27H27FN6O3/c1-32(2)27(35)19-15-34(16-19)26-18(12-29)11-21(13-31-26)33-10-9-24(17-33)36-23-7-8-25(30-14-23)37-22-5-3-20(28)4-6-22/h3-8,11,13-14,19,24H,9-10,15-17H2,1-2H3/t24-/m1/s1. The van der Waals surface area contributed by atoms with Gasteiger partial charge in [0, 0.05) is 46.2 Å². The number of anilines is 2. The molecular formula is C27H27FN6O3. The number of hydrogen-bond acceptors (Lipinski definition) is 8. The number of nitriles is 1. The summed E-state index contributed by atoms with van der Waals surface area (Å²) in [6.45, 7) is 2.57. The lowest BCUT2D eigenvalue weighted by Crippen LogP contribution is -2.54. The summed E-state index contributed by atoms with van der Waals surface area (Å²) in [5.74, 6) is 1.85. The number of rotatable bonds is 7. The summed E-state index contributed by atoms with van der Waals surface area (Å²) in [6, 6.07) is 13.4. The Bertz CT molecular complexity index is 1300. The van der Waals surface area contributed by atoms with Gasteiger partial charge in [-0.05, 0) is 36.4 Å². The number of benzene rings is 1. The fraction of sp³-hybridized carbons (Fsp3) is 0.333. The third kappa shape index (κ3) is 5.40. The monoisotopic (exact) mass is 502 g/mol. The number of hydrogen-bond donors (Lipinski definition) is 0. The second-order valence-corrected chi connectivity index (χ2v) is 9.37. The van der Waals surface area contributed by atoms with Gasteiger partial charge in [0.15, 0.2) is 0 Å². The van der Waals surface area contributed by atoms with Crippen LogP contribution in [0.3, 0.4) is 0 Å². The van der Waals surface area contributed by atoms with Gasteiger partial charge in [-0.1, -0.05) is 0 Å². The van der Waals surface area contributed by atoms with E-state index in [1.807, 2.05) is 11.0 Å². The smallest absolute Gasteiger partial charge is 0.228 e. The van der Waals surface area contributed by atoms with Crippen LogP contribution >= 0.6 is 0 Å². The van der Waals surface area contributed by atoms with Crippen molar-refractivity contribution in [1.29, 1.82) is 5.26 Å². The quantitative estimate of drug-likeness (QED) is 0.485. The zero-order chi connectivity index (χ0) is 25.9. The number of halogens is 1. The SMILES string of the molecule is CN(C)C(=O)C1CN(c2ncc(N3CC[C@@H](Oc4ccc(Oc5ccc(F)cc5)nc4)C3)cc2C#N)C1. The van der Waals surface area contributed by atoms with Crippen LogP contribution in [-0.4, -0.2) is 67.2 Å². The fourth-order valence-electron chi connectivity index (χ4n) is 4.50. The van der Waals surface area contributed by atoms with Crippen LogP contribution in [0.25, 0.3) is 0 Å². The van der Waals surface area contributed by atoms with E-state index in [1.54, 1.807) is 55.7 Å². The predicted molar refractivity (Wildman–Crippen MR) is 135 cm³/mol. The van der Waals surface area contributed by atoms with Crippen molar-refractivity contribution >= 4 is 17.4 Å². The van der Waals surface area contributed by atoms with Gasteiger partial charge in [0.2, 0.25) is 11.8 Å². The molecular weight excluding hydrogens is 475 g/mol. The van der Waals surface area contributed by atoms with Crippen molar-refractivity contribution in [2.75, 3.05) is 50.1 Å². The largest absolute Gasteiger partial charge is 0.487 e. The summed E-state index contributed by atoms with van der Waals surface area (Å²) in [4.78, 5) is 26.7. The minimum absolute atomic E-state index is 0.0379. The number of pyridine rings is 2. The molecule has 5 rings (SSSR count). The van der Waals surface area contributed by atoms with Crippen molar-refractivity contribution in [2.45, 2.75) is 12.5 Å². The van der Waals surface area contributed by atoms with Gasteiger partial charge in [-0.25, -0.2) is 14.4 Å². The van der Waals surface area contributed by atoms with Crippen molar-refractivity contribution < 1.29 is 18.7 Å². The van der Waals surface area contributed by atoms with Crippen molar-refractivity contribution in [1.82, 2.24) is 14.9 Å². The molecule has 0 unspecified atom stereocenters. The zero-order valence-corrected chi connectivity index (χ0v) is 20.7. The number of aromatic nitrogens is 2. The zero-order valence-electron chi connectivity index (χ0n) is 20.7. The summed E-state index contributed by atoms with van der Waals surface area (Å²) in [6.07, 6.45) is 4.16. The summed E-state index contributed by atoms with van der Waals surface area (Å²) in [7, 11) is 3.50. The van der Waals surface area contributed by atoms with Gasteiger partial charge in [-0.3, -0.25) is 4.79 Å². The third-order valence-corrected chi connectivity index (χ3v) is 6.50. The van der Waals surface area contributed by atoms with Crippen LogP contribution in [0.15, 0.2) is 54.9 Å². The van der Waals surface area contributed by atoms with Gasteiger partial charge in [0.1, 0.15) is 35.3 Å². The van der Waals surface area contributed by atoms with E-state index < -0.39 is 0 Å². The van der Waals surface area contributed by atoms with Crippen LogP contribution in [0.1, 0.15) is 12.0 Å². The molecule has 0 bridgehead atoms. The summed E-state index contributed by atoms with van der Waals surface area (Å²) in [5, 5.41) is 9.72.